The normalized spacial score (nSPS) is 18.6. The number of aryl methyl sites for hydroxylation is 1. The van der Waals surface area contributed by atoms with E-state index in [0.717, 1.165) is 30.5 Å². The number of amides is 1. The Morgan fingerprint density at radius 1 is 1.26 bits per heavy atom. The highest BCUT2D eigenvalue weighted by molar-refractivity contribution is 6.31. The average molecular weight is 498 g/mol. The third-order valence-corrected chi connectivity index (χ3v) is 6.86. The van der Waals surface area contributed by atoms with Crippen LogP contribution in [-0.4, -0.2) is 65.8 Å². The van der Waals surface area contributed by atoms with Crippen LogP contribution in [0.5, 0.6) is 5.75 Å². The van der Waals surface area contributed by atoms with Crippen molar-refractivity contribution < 1.29 is 27.8 Å². The summed E-state index contributed by atoms with van der Waals surface area (Å²) in [6, 6.07) is 1.71. The van der Waals surface area contributed by atoms with E-state index in [1.54, 1.807) is 4.90 Å². The molecule has 0 aliphatic carbocycles. The van der Waals surface area contributed by atoms with E-state index >= 15 is 0 Å². The van der Waals surface area contributed by atoms with Gasteiger partial charge in [-0.1, -0.05) is 11.6 Å². The Morgan fingerprint density at radius 3 is 2.79 bits per heavy atom. The number of halogens is 3. The molecule has 3 aliphatic rings. The first-order chi connectivity index (χ1) is 16.5. The molecule has 184 valence electrons. The van der Waals surface area contributed by atoms with E-state index in [0.29, 0.717) is 62.9 Å². The van der Waals surface area contributed by atoms with E-state index in [1.165, 1.54) is 13.2 Å². The second-order valence-electron chi connectivity index (χ2n) is 8.56. The summed E-state index contributed by atoms with van der Waals surface area (Å²) in [6.45, 7) is -0.149. The lowest BCUT2D eigenvalue weighted by atomic mass is 10.0. The second-order valence-corrected chi connectivity index (χ2v) is 8.91. The number of nitrogens with zero attached hydrogens (tertiary/aromatic N) is 5. The maximum Gasteiger partial charge on any atom is 0.409 e. The van der Waals surface area contributed by atoms with Crippen molar-refractivity contribution in [3.05, 3.63) is 28.2 Å². The van der Waals surface area contributed by atoms with Gasteiger partial charge in [-0.25, -0.2) is 9.78 Å². The molecule has 34 heavy (non-hydrogen) atoms. The summed E-state index contributed by atoms with van der Waals surface area (Å²) in [6.07, 6.45) is 3.43. The zero-order valence-electron chi connectivity index (χ0n) is 18.8. The third-order valence-electron chi connectivity index (χ3n) is 6.59. The highest BCUT2D eigenvalue weighted by Gasteiger charge is 2.34. The summed E-state index contributed by atoms with van der Waals surface area (Å²) in [5.41, 5.74) is 3.36. The Kier molecular flexibility index (Phi) is 6.48. The first-order valence-electron chi connectivity index (χ1n) is 11.4. The van der Waals surface area contributed by atoms with Crippen molar-refractivity contribution in [3.63, 3.8) is 0 Å². The summed E-state index contributed by atoms with van der Waals surface area (Å²) in [5.74, 6) is 0.527. The number of pyridine rings is 1. The van der Waals surface area contributed by atoms with Gasteiger partial charge >= 0.3 is 12.7 Å². The van der Waals surface area contributed by atoms with Gasteiger partial charge in [0.1, 0.15) is 0 Å². The Bertz CT molecular complexity index is 1080. The average Bonchev–Trinajstić information content (AvgIpc) is 3.22. The van der Waals surface area contributed by atoms with Gasteiger partial charge < -0.3 is 24.0 Å². The van der Waals surface area contributed by atoms with Crippen LogP contribution in [0.4, 0.5) is 25.1 Å². The fourth-order valence-corrected chi connectivity index (χ4v) is 5.20. The summed E-state index contributed by atoms with van der Waals surface area (Å²) < 4.78 is 43.1. The molecule has 1 fully saturated rings. The Balaban J connectivity index is 1.59. The largest absolute Gasteiger partial charge is 0.453 e. The Labute approximate surface area is 200 Å². The zero-order valence-corrected chi connectivity index (χ0v) is 19.6. The number of anilines is 2. The molecule has 2 aromatic heterocycles. The fourth-order valence-electron chi connectivity index (χ4n) is 5.00. The standard InChI is InChI=1S/C22H26ClF2N5O4/c1-32-22(31)28-8-4-16-14(12-28)20(27-30(16)13-5-9-33-10-6-13)29-7-2-3-15-17(29)11-18(19(23)26-15)34-21(24)25/h11,13,21H,2-10,12H2,1H3. The van der Waals surface area contributed by atoms with Crippen molar-refractivity contribution >= 4 is 29.2 Å². The summed E-state index contributed by atoms with van der Waals surface area (Å²) >= 11 is 6.11. The molecule has 5 rings (SSSR count). The number of rotatable bonds is 4. The smallest absolute Gasteiger partial charge is 0.409 e. The van der Waals surface area contributed by atoms with Gasteiger partial charge in [-0.2, -0.15) is 13.9 Å². The number of ether oxygens (including phenoxy) is 3. The van der Waals surface area contributed by atoms with Gasteiger partial charge in [0.2, 0.25) is 0 Å². The molecule has 5 heterocycles. The summed E-state index contributed by atoms with van der Waals surface area (Å²) in [7, 11) is 1.37. The number of methoxy groups -OCH3 is 1. The van der Waals surface area contributed by atoms with Crippen LogP contribution >= 0.6 is 11.6 Å². The lowest BCUT2D eigenvalue weighted by molar-refractivity contribution is -0.0500. The number of hydrogen-bond donors (Lipinski definition) is 0. The van der Waals surface area contributed by atoms with Gasteiger partial charge in [0, 0.05) is 50.0 Å². The molecule has 0 N–H and O–H groups in total. The van der Waals surface area contributed by atoms with Crippen LogP contribution in [0.15, 0.2) is 6.07 Å². The van der Waals surface area contributed by atoms with Gasteiger partial charge in [0.15, 0.2) is 16.7 Å². The van der Waals surface area contributed by atoms with E-state index in [9.17, 15) is 13.6 Å². The number of carbonyl (C=O) groups is 1. The molecule has 0 aromatic carbocycles. The van der Waals surface area contributed by atoms with E-state index in [-0.39, 0.29) is 16.9 Å². The molecule has 0 spiro atoms. The van der Waals surface area contributed by atoms with Crippen LogP contribution in [0, 0.1) is 0 Å². The minimum absolute atomic E-state index is 0.0902. The molecule has 1 amide bonds. The molecular formula is C22H26ClF2N5O4. The SMILES string of the molecule is COC(=O)N1CCc2c(c(N3CCCc4nc(Cl)c(OC(F)F)cc43)nn2C2CCOCC2)C1. The van der Waals surface area contributed by atoms with Crippen LogP contribution in [0.2, 0.25) is 5.15 Å². The van der Waals surface area contributed by atoms with Crippen molar-refractivity contribution in [1.29, 1.82) is 0 Å². The predicted octanol–water partition coefficient (Wildman–Crippen LogP) is 4.09. The molecule has 1 saturated heterocycles. The maximum absolute atomic E-state index is 12.9. The van der Waals surface area contributed by atoms with Gasteiger partial charge in [-0.05, 0) is 25.7 Å². The van der Waals surface area contributed by atoms with E-state index in [2.05, 4.69) is 14.4 Å². The van der Waals surface area contributed by atoms with E-state index < -0.39 is 12.7 Å². The zero-order chi connectivity index (χ0) is 23.8. The molecule has 0 radical (unpaired) electrons. The predicted molar refractivity (Wildman–Crippen MR) is 119 cm³/mol. The van der Waals surface area contributed by atoms with Crippen molar-refractivity contribution in [2.45, 2.75) is 51.3 Å². The molecule has 12 heteroatoms. The second kappa shape index (κ2) is 9.53. The quantitative estimate of drug-likeness (QED) is 0.588. The maximum atomic E-state index is 12.9. The van der Waals surface area contributed by atoms with E-state index in [1.807, 2.05) is 4.90 Å². The first-order valence-corrected chi connectivity index (χ1v) is 11.8. The molecule has 0 bridgehead atoms. The van der Waals surface area contributed by atoms with Crippen molar-refractivity contribution in [2.24, 2.45) is 0 Å². The Hall–Kier alpha value is -2.66. The molecule has 0 unspecified atom stereocenters. The van der Waals surface area contributed by atoms with Crippen molar-refractivity contribution in [3.8, 4) is 5.75 Å². The highest BCUT2D eigenvalue weighted by atomic mass is 35.5. The molecule has 0 saturated carbocycles. The lowest BCUT2D eigenvalue weighted by Gasteiger charge is -2.32. The van der Waals surface area contributed by atoms with Crippen molar-refractivity contribution in [2.75, 3.05) is 38.3 Å². The molecular weight excluding hydrogens is 472 g/mol. The Morgan fingerprint density at radius 2 is 2.06 bits per heavy atom. The first kappa shape index (κ1) is 23.1. The van der Waals surface area contributed by atoms with Gasteiger partial charge in [-0.3, -0.25) is 4.68 Å². The van der Waals surface area contributed by atoms with Crippen LogP contribution in [0.3, 0.4) is 0 Å². The minimum atomic E-state index is -3.01. The third kappa shape index (κ3) is 4.26. The number of alkyl halides is 2. The van der Waals surface area contributed by atoms with Gasteiger partial charge in [-0.15, -0.1) is 0 Å². The number of fused-ring (bicyclic) bond motifs is 2. The fraction of sp³-hybridized carbons (Fsp3) is 0.591. The topological polar surface area (TPSA) is 82.0 Å². The summed E-state index contributed by atoms with van der Waals surface area (Å²) in [4.78, 5) is 20.3. The van der Waals surface area contributed by atoms with Crippen LogP contribution in [0.1, 0.15) is 42.3 Å². The van der Waals surface area contributed by atoms with Gasteiger partial charge in [0.05, 0.1) is 31.1 Å². The van der Waals surface area contributed by atoms with E-state index in [4.69, 9.17) is 26.2 Å². The number of hydrogen-bond acceptors (Lipinski definition) is 7. The highest BCUT2D eigenvalue weighted by Crippen LogP contribution is 2.41. The van der Waals surface area contributed by atoms with Crippen LogP contribution in [-0.2, 0) is 28.9 Å². The number of aromatic nitrogens is 3. The van der Waals surface area contributed by atoms with Crippen LogP contribution in [0.25, 0.3) is 0 Å². The molecule has 2 aromatic rings. The monoisotopic (exact) mass is 497 g/mol. The van der Waals surface area contributed by atoms with Gasteiger partial charge in [0.25, 0.3) is 0 Å². The molecule has 3 aliphatic heterocycles. The summed E-state index contributed by atoms with van der Waals surface area (Å²) in [5, 5.41) is 4.94. The van der Waals surface area contributed by atoms with Crippen LogP contribution < -0.4 is 9.64 Å². The number of carbonyl (C=O) groups excluding carboxylic acids is 1. The lowest BCUT2D eigenvalue weighted by Crippen LogP contribution is -2.37. The molecule has 0 atom stereocenters. The van der Waals surface area contributed by atoms with Crippen molar-refractivity contribution in [1.82, 2.24) is 19.7 Å². The molecule has 9 nitrogen and oxygen atoms in total. The minimum Gasteiger partial charge on any atom is -0.453 e.